The second-order valence-electron chi connectivity index (χ2n) is 13.7. The van der Waals surface area contributed by atoms with E-state index in [9.17, 15) is 32.7 Å². The van der Waals surface area contributed by atoms with Gasteiger partial charge in [0.15, 0.2) is 0 Å². The lowest BCUT2D eigenvalue weighted by Gasteiger charge is -2.31. The Bertz CT molecular complexity index is 1760. The first kappa shape index (κ1) is 35.9. The van der Waals surface area contributed by atoms with Gasteiger partial charge < -0.3 is 34.9 Å². The number of alkyl carbamates (subject to hydrolysis) is 1. The maximum Gasteiger partial charge on any atom is 0.408 e. The number of aliphatic hydroxyl groups excluding tert-OH is 1. The molecular formula is C33H43N5O10S. The summed E-state index contributed by atoms with van der Waals surface area (Å²) in [4.78, 5) is 59.6. The summed E-state index contributed by atoms with van der Waals surface area (Å²) in [6.45, 7) is 9.81. The molecule has 2 heterocycles. The zero-order valence-corrected chi connectivity index (χ0v) is 28.9. The Balaban J connectivity index is 1.42. The monoisotopic (exact) mass is 701 g/mol. The molecular weight excluding hydrogens is 658 g/mol. The van der Waals surface area contributed by atoms with Crippen LogP contribution >= 0.6 is 0 Å². The van der Waals surface area contributed by atoms with Gasteiger partial charge in [0.05, 0.1) is 25.0 Å². The Kier molecular flexibility index (Phi) is 9.85. The Labute approximate surface area is 284 Å². The molecule has 5 rings (SSSR count). The third kappa shape index (κ3) is 7.90. The number of carbonyl (C=O) groups is 4. The van der Waals surface area contributed by atoms with E-state index in [4.69, 9.17) is 14.2 Å². The average Bonchev–Trinajstić information content (AvgIpc) is 3.95. The van der Waals surface area contributed by atoms with E-state index in [1.807, 2.05) is 0 Å². The number of ether oxygens (including phenoxy) is 3. The summed E-state index contributed by atoms with van der Waals surface area (Å²) < 4.78 is 44.2. The van der Waals surface area contributed by atoms with E-state index in [0.29, 0.717) is 24.0 Å². The number of nitrogens with one attached hydrogen (secondary N) is 3. The number of rotatable bonds is 12. The van der Waals surface area contributed by atoms with E-state index in [-0.39, 0.29) is 25.3 Å². The molecule has 0 bridgehead atoms. The molecule has 2 aliphatic carbocycles. The van der Waals surface area contributed by atoms with Crippen LogP contribution in [0.1, 0.15) is 53.4 Å². The molecule has 0 spiro atoms. The lowest BCUT2D eigenvalue weighted by atomic mass is 10.1. The molecule has 266 valence electrons. The second-order valence-corrected chi connectivity index (χ2v) is 15.7. The molecule has 2 saturated carbocycles. The number of sulfonamides is 1. The normalized spacial score (nSPS) is 24.7. The van der Waals surface area contributed by atoms with Crippen LogP contribution in [0.15, 0.2) is 43.1 Å². The first-order chi connectivity index (χ1) is 23.0. The number of aromatic nitrogens is 1. The average molecular weight is 702 g/mol. The SMILES string of the molecule is C=C[C@@H]1C[C@]1(NC(=O)[C@@H]1C[C@@H](Oc2nccc3cc(OC)ccc23)CN1C(=O)[C@@H](NC(=O)OC(C)(C)C)[C@H](C)O)C(=O)NS(=O)(=O)C1CC1. The van der Waals surface area contributed by atoms with Crippen molar-refractivity contribution >= 4 is 44.6 Å². The largest absolute Gasteiger partial charge is 0.497 e. The summed E-state index contributed by atoms with van der Waals surface area (Å²) in [5, 5.41) is 16.5. The third-order valence-electron chi connectivity index (χ3n) is 8.73. The minimum Gasteiger partial charge on any atom is -0.497 e. The predicted molar refractivity (Wildman–Crippen MR) is 177 cm³/mol. The lowest BCUT2D eigenvalue weighted by molar-refractivity contribution is -0.142. The van der Waals surface area contributed by atoms with Crippen molar-refractivity contribution in [2.45, 2.75) is 94.1 Å². The number of nitrogens with zero attached hydrogens (tertiary/aromatic N) is 2. The van der Waals surface area contributed by atoms with Crippen LogP contribution < -0.4 is 24.8 Å². The summed E-state index contributed by atoms with van der Waals surface area (Å²) in [5.41, 5.74) is -2.49. The number of pyridine rings is 1. The summed E-state index contributed by atoms with van der Waals surface area (Å²) in [7, 11) is -2.37. The Morgan fingerprint density at radius 1 is 1.18 bits per heavy atom. The molecule has 2 aromatic rings. The number of carbonyl (C=O) groups excluding carboxylic acids is 4. The molecule has 3 aliphatic rings. The number of hydrogen-bond donors (Lipinski definition) is 4. The van der Waals surface area contributed by atoms with Gasteiger partial charge in [-0.3, -0.25) is 19.1 Å². The zero-order chi connectivity index (χ0) is 35.9. The third-order valence-corrected chi connectivity index (χ3v) is 10.6. The van der Waals surface area contributed by atoms with Gasteiger partial charge in [-0.15, -0.1) is 6.58 Å². The smallest absolute Gasteiger partial charge is 0.408 e. The van der Waals surface area contributed by atoms with Crippen molar-refractivity contribution in [1.82, 2.24) is 25.2 Å². The van der Waals surface area contributed by atoms with Crippen molar-refractivity contribution in [3.63, 3.8) is 0 Å². The van der Waals surface area contributed by atoms with Gasteiger partial charge in [-0.25, -0.2) is 18.2 Å². The Hall–Kier alpha value is -4.44. The van der Waals surface area contributed by atoms with Crippen molar-refractivity contribution in [2.24, 2.45) is 5.92 Å². The van der Waals surface area contributed by atoms with Gasteiger partial charge in [-0.05, 0) is 76.6 Å². The second kappa shape index (κ2) is 13.5. The maximum absolute atomic E-state index is 14.0. The van der Waals surface area contributed by atoms with Crippen LogP contribution in [0.3, 0.4) is 0 Å². The highest BCUT2D eigenvalue weighted by Crippen LogP contribution is 2.45. The van der Waals surface area contributed by atoms with E-state index < -0.39 is 80.4 Å². The van der Waals surface area contributed by atoms with Gasteiger partial charge in [-0.1, -0.05) is 6.08 Å². The van der Waals surface area contributed by atoms with Gasteiger partial charge in [0.1, 0.15) is 35.1 Å². The van der Waals surface area contributed by atoms with Gasteiger partial charge in [-0.2, -0.15) is 0 Å². The first-order valence-electron chi connectivity index (χ1n) is 16.1. The first-order valence-corrected chi connectivity index (χ1v) is 17.6. The van der Waals surface area contributed by atoms with Crippen LogP contribution in [0.4, 0.5) is 4.79 Å². The minimum absolute atomic E-state index is 0.0540. The summed E-state index contributed by atoms with van der Waals surface area (Å²) in [6, 6.07) is 4.35. The number of likely N-dealkylation sites (tertiary alicyclic amines) is 1. The van der Waals surface area contributed by atoms with Crippen molar-refractivity contribution in [3.05, 3.63) is 43.1 Å². The van der Waals surface area contributed by atoms with Crippen LogP contribution in [-0.4, -0.2) is 102 Å². The summed E-state index contributed by atoms with van der Waals surface area (Å²) in [6.07, 6.45) is 0.812. The molecule has 4 amide bonds. The predicted octanol–water partition coefficient (Wildman–Crippen LogP) is 1.54. The van der Waals surface area contributed by atoms with E-state index >= 15 is 0 Å². The van der Waals surface area contributed by atoms with Crippen molar-refractivity contribution in [2.75, 3.05) is 13.7 Å². The molecule has 49 heavy (non-hydrogen) atoms. The van der Waals surface area contributed by atoms with E-state index in [1.165, 1.54) is 17.9 Å². The maximum atomic E-state index is 14.0. The standard InChI is InChI=1S/C33H43N5O10S/c1-7-20-16-33(20,30(42)37-49(44,45)23-9-10-23)36-27(40)25-15-22(47-28-24-11-8-21(46-6)14-19(24)12-13-34-28)17-38(25)29(41)26(18(2)39)35-31(43)48-32(3,4)5/h7-8,11-14,18,20,22-23,25-26,39H,1,9-10,15-17H2,2-6H3,(H,35,43)(H,36,40)(H,37,42)/t18-,20+,22+,25-,26-,33+/m0/s1. The molecule has 4 N–H and O–H groups in total. The fourth-order valence-corrected chi connectivity index (χ4v) is 7.27. The molecule has 1 aromatic carbocycles. The molecule has 0 radical (unpaired) electrons. The molecule has 0 unspecified atom stereocenters. The Morgan fingerprint density at radius 3 is 2.49 bits per heavy atom. The van der Waals surface area contributed by atoms with Crippen molar-refractivity contribution < 1.29 is 46.9 Å². The molecule has 1 aromatic heterocycles. The highest BCUT2D eigenvalue weighted by atomic mass is 32.2. The van der Waals surface area contributed by atoms with Crippen LogP contribution in [0.25, 0.3) is 10.8 Å². The zero-order valence-electron chi connectivity index (χ0n) is 28.1. The number of hydrogen-bond acceptors (Lipinski definition) is 11. The molecule has 15 nitrogen and oxygen atoms in total. The highest BCUT2D eigenvalue weighted by Gasteiger charge is 2.62. The van der Waals surface area contributed by atoms with E-state index in [1.54, 1.807) is 58.3 Å². The summed E-state index contributed by atoms with van der Waals surface area (Å²) in [5.74, 6) is -2.12. The Morgan fingerprint density at radius 2 is 1.90 bits per heavy atom. The fraction of sp³-hybridized carbons (Fsp3) is 0.545. The molecule has 1 saturated heterocycles. The van der Waals surface area contributed by atoms with Gasteiger partial charge in [0, 0.05) is 23.9 Å². The fourth-order valence-electron chi connectivity index (χ4n) is 5.90. The molecule has 1 aliphatic heterocycles. The van der Waals surface area contributed by atoms with Crippen LogP contribution in [0, 0.1) is 5.92 Å². The topological polar surface area (TPSA) is 203 Å². The summed E-state index contributed by atoms with van der Waals surface area (Å²) >= 11 is 0. The van der Waals surface area contributed by atoms with Gasteiger partial charge >= 0.3 is 6.09 Å². The van der Waals surface area contributed by atoms with Crippen LogP contribution in [0.5, 0.6) is 11.6 Å². The van der Waals surface area contributed by atoms with E-state index in [0.717, 1.165) is 5.39 Å². The highest BCUT2D eigenvalue weighted by molar-refractivity contribution is 7.91. The quantitative estimate of drug-likeness (QED) is 0.234. The number of benzene rings is 1. The molecule has 16 heteroatoms. The minimum atomic E-state index is -3.92. The lowest BCUT2D eigenvalue weighted by Crippen LogP contribution is -2.60. The van der Waals surface area contributed by atoms with Gasteiger partial charge in [0.25, 0.3) is 5.91 Å². The number of methoxy groups -OCH3 is 1. The van der Waals surface area contributed by atoms with Crippen molar-refractivity contribution in [3.8, 4) is 11.6 Å². The van der Waals surface area contributed by atoms with E-state index in [2.05, 4.69) is 26.9 Å². The van der Waals surface area contributed by atoms with Crippen LogP contribution in [-0.2, 0) is 29.1 Å². The number of fused-ring (bicyclic) bond motifs is 1. The van der Waals surface area contributed by atoms with Crippen LogP contribution in [0.2, 0.25) is 0 Å². The van der Waals surface area contributed by atoms with Crippen molar-refractivity contribution in [1.29, 1.82) is 0 Å². The molecule has 3 fully saturated rings. The molecule has 6 atom stereocenters. The number of amides is 4. The van der Waals surface area contributed by atoms with Gasteiger partial charge in [0.2, 0.25) is 27.7 Å². The number of aliphatic hydroxyl groups is 1.